The highest BCUT2D eigenvalue weighted by atomic mass is 19.1. The smallest absolute Gasteiger partial charge is 0.349 e. The standard InChI is InChI=1S/C20H16FN3O5/c1-28-15-8-6-13(7-9-15)10-14(11-22)19(26)29-12-18(25)24-20(27)23-17-5-3-2-4-16(17)21/h2-10H,12H2,1H3,(H2,23,24,25,27)/b14-10+. The fourth-order valence-electron chi connectivity index (χ4n) is 2.09. The fraction of sp³-hybridized carbons (Fsp3) is 0.100. The summed E-state index contributed by atoms with van der Waals surface area (Å²) in [4.78, 5) is 35.4. The molecule has 0 atom stereocenters. The number of halogens is 1. The number of imide groups is 1. The minimum absolute atomic E-state index is 0.121. The molecule has 148 valence electrons. The van der Waals surface area contributed by atoms with Gasteiger partial charge in [-0.1, -0.05) is 24.3 Å². The van der Waals surface area contributed by atoms with Gasteiger partial charge in [0.15, 0.2) is 6.61 Å². The van der Waals surface area contributed by atoms with E-state index in [-0.39, 0.29) is 11.3 Å². The molecule has 0 saturated heterocycles. The Hall–Kier alpha value is -4.19. The van der Waals surface area contributed by atoms with Gasteiger partial charge in [0.25, 0.3) is 5.91 Å². The summed E-state index contributed by atoms with van der Waals surface area (Å²) in [7, 11) is 1.50. The van der Waals surface area contributed by atoms with E-state index in [0.29, 0.717) is 11.3 Å². The van der Waals surface area contributed by atoms with Crippen LogP contribution in [-0.4, -0.2) is 31.6 Å². The number of ether oxygens (including phenoxy) is 2. The van der Waals surface area contributed by atoms with E-state index in [0.717, 1.165) is 6.07 Å². The summed E-state index contributed by atoms with van der Waals surface area (Å²) in [6.07, 6.45) is 1.28. The number of para-hydroxylation sites is 1. The van der Waals surface area contributed by atoms with Gasteiger partial charge in [-0.05, 0) is 35.9 Å². The van der Waals surface area contributed by atoms with Gasteiger partial charge in [-0.15, -0.1) is 0 Å². The number of urea groups is 1. The Labute approximate surface area is 165 Å². The number of esters is 1. The molecular formula is C20H16FN3O5. The van der Waals surface area contributed by atoms with Crippen LogP contribution in [0.3, 0.4) is 0 Å². The average molecular weight is 397 g/mol. The van der Waals surface area contributed by atoms with Gasteiger partial charge >= 0.3 is 12.0 Å². The number of anilines is 1. The first kappa shape index (κ1) is 21.1. The van der Waals surface area contributed by atoms with Crippen molar-refractivity contribution in [2.75, 3.05) is 19.0 Å². The molecule has 0 heterocycles. The zero-order valence-corrected chi connectivity index (χ0v) is 15.3. The maximum Gasteiger partial charge on any atom is 0.349 e. The number of methoxy groups -OCH3 is 1. The van der Waals surface area contributed by atoms with Gasteiger partial charge in [-0.3, -0.25) is 10.1 Å². The highest BCUT2D eigenvalue weighted by Gasteiger charge is 2.15. The van der Waals surface area contributed by atoms with E-state index in [4.69, 9.17) is 14.7 Å². The first-order valence-electron chi connectivity index (χ1n) is 8.21. The van der Waals surface area contributed by atoms with E-state index < -0.39 is 30.3 Å². The Morgan fingerprint density at radius 3 is 2.45 bits per heavy atom. The van der Waals surface area contributed by atoms with Gasteiger partial charge in [0, 0.05) is 0 Å². The van der Waals surface area contributed by atoms with Crippen LogP contribution in [0.2, 0.25) is 0 Å². The van der Waals surface area contributed by atoms with E-state index in [2.05, 4.69) is 5.32 Å². The van der Waals surface area contributed by atoms with Crippen molar-refractivity contribution in [3.05, 3.63) is 65.5 Å². The molecule has 2 N–H and O–H groups in total. The number of amides is 3. The van der Waals surface area contributed by atoms with E-state index in [9.17, 15) is 18.8 Å². The summed E-state index contributed by atoms with van der Waals surface area (Å²) < 4.78 is 23.2. The van der Waals surface area contributed by atoms with E-state index >= 15 is 0 Å². The summed E-state index contributed by atoms with van der Waals surface area (Å²) in [5.74, 6) is -2.06. The van der Waals surface area contributed by atoms with E-state index in [1.165, 1.54) is 31.4 Å². The van der Waals surface area contributed by atoms with Crippen LogP contribution in [0.15, 0.2) is 54.1 Å². The third-order valence-corrected chi connectivity index (χ3v) is 3.48. The van der Waals surface area contributed by atoms with Crippen LogP contribution in [-0.2, 0) is 14.3 Å². The molecule has 2 aromatic rings. The molecule has 0 aliphatic heterocycles. The first-order chi connectivity index (χ1) is 13.9. The largest absolute Gasteiger partial charge is 0.497 e. The van der Waals surface area contributed by atoms with Gasteiger partial charge in [0.2, 0.25) is 0 Å². The number of nitrogens with zero attached hydrogens (tertiary/aromatic N) is 1. The van der Waals surface area contributed by atoms with Gasteiger partial charge < -0.3 is 14.8 Å². The predicted octanol–water partition coefficient (Wildman–Crippen LogP) is 2.63. The topological polar surface area (TPSA) is 118 Å². The van der Waals surface area contributed by atoms with E-state index in [1.807, 2.05) is 5.32 Å². The first-order valence-corrected chi connectivity index (χ1v) is 8.21. The number of benzene rings is 2. The summed E-state index contributed by atoms with van der Waals surface area (Å²) in [5, 5.41) is 13.1. The number of nitrogens with one attached hydrogen (secondary N) is 2. The number of nitriles is 1. The predicted molar refractivity (Wildman–Crippen MR) is 101 cm³/mol. The Morgan fingerprint density at radius 2 is 1.83 bits per heavy atom. The number of hydrogen-bond donors (Lipinski definition) is 2. The molecule has 0 aliphatic carbocycles. The molecular weight excluding hydrogens is 381 g/mol. The number of carbonyl (C=O) groups excluding carboxylic acids is 3. The van der Waals surface area contributed by atoms with Crippen molar-refractivity contribution in [2.45, 2.75) is 0 Å². The summed E-state index contributed by atoms with van der Waals surface area (Å²) >= 11 is 0. The molecule has 0 aliphatic rings. The van der Waals surface area contributed by atoms with Crippen LogP contribution < -0.4 is 15.4 Å². The summed E-state index contributed by atoms with van der Waals surface area (Å²) in [6.45, 7) is -0.800. The monoisotopic (exact) mass is 397 g/mol. The molecule has 9 heteroatoms. The van der Waals surface area contributed by atoms with Gasteiger partial charge in [-0.25, -0.2) is 14.0 Å². The minimum atomic E-state index is -1.03. The second kappa shape index (κ2) is 10.2. The van der Waals surface area contributed by atoms with Gasteiger partial charge in [-0.2, -0.15) is 5.26 Å². The maximum atomic E-state index is 13.4. The van der Waals surface area contributed by atoms with Crippen molar-refractivity contribution in [3.8, 4) is 11.8 Å². The lowest BCUT2D eigenvalue weighted by Gasteiger charge is -2.08. The lowest BCUT2D eigenvalue weighted by atomic mass is 10.1. The van der Waals surface area contributed by atoms with Crippen molar-refractivity contribution in [1.29, 1.82) is 5.26 Å². The minimum Gasteiger partial charge on any atom is -0.497 e. The number of carbonyl (C=O) groups is 3. The summed E-state index contributed by atoms with van der Waals surface area (Å²) in [5.41, 5.74) is 0.0933. The Bertz CT molecular complexity index is 980. The van der Waals surface area contributed by atoms with Crippen LogP contribution in [0.4, 0.5) is 14.9 Å². The maximum absolute atomic E-state index is 13.4. The highest BCUT2D eigenvalue weighted by molar-refractivity contribution is 6.03. The van der Waals surface area contributed by atoms with Crippen LogP contribution in [0.5, 0.6) is 5.75 Å². The van der Waals surface area contributed by atoms with Gasteiger partial charge in [0.1, 0.15) is 23.2 Å². The zero-order chi connectivity index (χ0) is 21.2. The average Bonchev–Trinajstić information content (AvgIpc) is 2.72. The number of rotatable bonds is 6. The van der Waals surface area contributed by atoms with Crippen LogP contribution in [0.25, 0.3) is 6.08 Å². The molecule has 0 saturated carbocycles. The Morgan fingerprint density at radius 1 is 1.14 bits per heavy atom. The molecule has 0 spiro atoms. The van der Waals surface area contributed by atoms with Crippen molar-refractivity contribution >= 4 is 29.7 Å². The molecule has 0 unspecified atom stereocenters. The molecule has 0 radical (unpaired) electrons. The number of hydrogen-bond acceptors (Lipinski definition) is 6. The van der Waals surface area contributed by atoms with E-state index in [1.54, 1.807) is 30.3 Å². The van der Waals surface area contributed by atoms with Crippen molar-refractivity contribution < 1.29 is 28.2 Å². The van der Waals surface area contributed by atoms with Crippen LogP contribution in [0.1, 0.15) is 5.56 Å². The Balaban J connectivity index is 1.88. The summed E-state index contributed by atoms with van der Waals surface area (Å²) in [6, 6.07) is 12.6. The van der Waals surface area contributed by atoms with Gasteiger partial charge in [0.05, 0.1) is 12.8 Å². The van der Waals surface area contributed by atoms with Crippen molar-refractivity contribution in [3.63, 3.8) is 0 Å². The molecule has 0 aromatic heterocycles. The lowest BCUT2D eigenvalue weighted by Crippen LogP contribution is -2.37. The molecule has 29 heavy (non-hydrogen) atoms. The third kappa shape index (κ3) is 6.48. The quantitative estimate of drug-likeness (QED) is 0.440. The highest BCUT2D eigenvalue weighted by Crippen LogP contribution is 2.14. The SMILES string of the molecule is COc1ccc(/C=C(\C#N)C(=O)OCC(=O)NC(=O)Nc2ccccc2F)cc1. The fourth-order valence-corrected chi connectivity index (χ4v) is 2.09. The van der Waals surface area contributed by atoms with Crippen molar-refractivity contribution in [1.82, 2.24) is 5.32 Å². The second-order valence-electron chi connectivity index (χ2n) is 5.50. The second-order valence-corrected chi connectivity index (χ2v) is 5.50. The zero-order valence-electron chi connectivity index (χ0n) is 15.3. The third-order valence-electron chi connectivity index (χ3n) is 3.48. The lowest BCUT2D eigenvalue weighted by molar-refractivity contribution is -0.144. The molecule has 0 bridgehead atoms. The van der Waals surface area contributed by atoms with Crippen LogP contribution in [0, 0.1) is 17.1 Å². The molecule has 2 aromatic carbocycles. The molecule has 2 rings (SSSR count). The van der Waals surface area contributed by atoms with Crippen LogP contribution >= 0.6 is 0 Å². The van der Waals surface area contributed by atoms with Crippen molar-refractivity contribution in [2.24, 2.45) is 0 Å². The molecule has 3 amide bonds. The normalized spacial score (nSPS) is 10.4. The molecule has 0 fully saturated rings. The molecule has 8 nitrogen and oxygen atoms in total. The Kier molecular flexibility index (Phi) is 7.44.